The van der Waals surface area contributed by atoms with E-state index in [4.69, 9.17) is 0 Å². The van der Waals surface area contributed by atoms with Gasteiger partial charge in [-0.25, -0.2) is 4.39 Å². The van der Waals surface area contributed by atoms with E-state index in [0.29, 0.717) is 12.3 Å². The number of hydrogen-bond donors (Lipinski definition) is 1. The first kappa shape index (κ1) is 12.6. The molecule has 0 spiro atoms. The van der Waals surface area contributed by atoms with Crippen LogP contribution in [0.2, 0.25) is 0 Å². The van der Waals surface area contributed by atoms with Gasteiger partial charge >= 0.3 is 0 Å². The van der Waals surface area contributed by atoms with Crippen LogP contribution >= 0.6 is 0 Å². The van der Waals surface area contributed by atoms with E-state index >= 15 is 0 Å². The molecular formula is C15H22FN. The van der Waals surface area contributed by atoms with Crippen molar-refractivity contribution in [2.45, 2.75) is 44.7 Å². The summed E-state index contributed by atoms with van der Waals surface area (Å²) in [7, 11) is 0. The molecule has 1 nitrogen and oxygen atoms in total. The second-order valence-corrected chi connectivity index (χ2v) is 5.61. The topological polar surface area (TPSA) is 12.0 Å². The molecule has 0 amide bonds. The fourth-order valence-corrected chi connectivity index (χ4v) is 2.51. The third-order valence-electron chi connectivity index (χ3n) is 3.54. The normalized spacial score (nSPS) is 20.8. The summed E-state index contributed by atoms with van der Waals surface area (Å²) in [6.07, 6.45) is 2.65. The Hall–Kier alpha value is -0.890. The molecule has 1 heterocycles. The summed E-state index contributed by atoms with van der Waals surface area (Å²) in [5.41, 5.74) is 1.68. The number of halogens is 1. The molecule has 1 aromatic carbocycles. The minimum absolute atomic E-state index is 0.601. The van der Waals surface area contributed by atoms with E-state index in [9.17, 15) is 4.39 Å². The highest BCUT2D eigenvalue weighted by molar-refractivity contribution is 5.31. The number of hydrogen-bond acceptors (Lipinski definition) is 1. The standard InChI is InChI=1S/C15H22FN/c1-15(2,16)9-7-12-5-3-4-6-14(12)13-8-10-17-11-13/h3-6,13,17H,7-11H2,1-2H3. The van der Waals surface area contributed by atoms with Crippen molar-refractivity contribution in [1.82, 2.24) is 5.32 Å². The first-order valence-electron chi connectivity index (χ1n) is 6.54. The van der Waals surface area contributed by atoms with Crippen molar-refractivity contribution in [3.05, 3.63) is 35.4 Å². The van der Waals surface area contributed by atoms with Gasteiger partial charge < -0.3 is 5.32 Å². The maximum atomic E-state index is 13.6. The summed E-state index contributed by atoms with van der Waals surface area (Å²) < 4.78 is 13.6. The Morgan fingerprint density at radius 3 is 2.76 bits per heavy atom. The van der Waals surface area contributed by atoms with Crippen molar-refractivity contribution >= 4 is 0 Å². The molecule has 0 aromatic heterocycles. The highest BCUT2D eigenvalue weighted by Gasteiger charge is 2.21. The van der Waals surface area contributed by atoms with E-state index in [1.165, 1.54) is 17.5 Å². The zero-order valence-electron chi connectivity index (χ0n) is 10.8. The number of nitrogens with one attached hydrogen (secondary N) is 1. The number of alkyl halides is 1. The Labute approximate surface area is 103 Å². The monoisotopic (exact) mass is 235 g/mol. The highest BCUT2D eigenvalue weighted by atomic mass is 19.1. The molecule has 0 bridgehead atoms. The molecule has 17 heavy (non-hydrogen) atoms. The molecule has 1 N–H and O–H groups in total. The van der Waals surface area contributed by atoms with Gasteiger partial charge in [-0.15, -0.1) is 0 Å². The molecule has 1 aromatic rings. The lowest BCUT2D eigenvalue weighted by atomic mass is 9.89. The summed E-state index contributed by atoms with van der Waals surface area (Å²) in [5, 5.41) is 3.40. The molecule has 1 aliphatic rings. The van der Waals surface area contributed by atoms with Crippen LogP contribution in [0.4, 0.5) is 4.39 Å². The van der Waals surface area contributed by atoms with Gasteiger partial charge in [-0.05, 0) is 56.7 Å². The molecule has 2 rings (SSSR count). The predicted octanol–water partition coefficient (Wildman–Crippen LogP) is 3.44. The maximum Gasteiger partial charge on any atom is 0.105 e. The van der Waals surface area contributed by atoms with Crippen molar-refractivity contribution in [2.75, 3.05) is 13.1 Å². The zero-order chi connectivity index (χ0) is 12.3. The molecule has 94 valence electrons. The molecular weight excluding hydrogens is 213 g/mol. The van der Waals surface area contributed by atoms with Crippen molar-refractivity contribution in [1.29, 1.82) is 0 Å². The molecule has 1 atom stereocenters. The molecule has 1 aliphatic heterocycles. The fourth-order valence-electron chi connectivity index (χ4n) is 2.51. The zero-order valence-corrected chi connectivity index (χ0v) is 10.8. The van der Waals surface area contributed by atoms with Crippen LogP contribution in [0.15, 0.2) is 24.3 Å². The van der Waals surface area contributed by atoms with Gasteiger partial charge in [0, 0.05) is 6.54 Å². The minimum Gasteiger partial charge on any atom is -0.316 e. The van der Waals surface area contributed by atoms with Gasteiger partial charge in [0.1, 0.15) is 5.67 Å². The lowest BCUT2D eigenvalue weighted by molar-refractivity contribution is 0.202. The molecule has 1 unspecified atom stereocenters. The second-order valence-electron chi connectivity index (χ2n) is 5.61. The Bertz CT molecular complexity index is 361. The van der Waals surface area contributed by atoms with Gasteiger partial charge in [-0.1, -0.05) is 24.3 Å². The highest BCUT2D eigenvalue weighted by Crippen LogP contribution is 2.28. The van der Waals surface area contributed by atoms with Crippen molar-refractivity contribution < 1.29 is 4.39 Å². The number of aryl methyl sites for hydroxylation is 1. The molecule has 2 heteroatoms. The van der Waals surface area contributed by atoms with Crippen LogP contribution in [0.1, 0.15) is 43.7 Å². The summed E-state index contributed by atoms with van der Waals surface area (Å²) in [6.45, 7) is 5.49. The van der Waals surface area contributed by atoms with E-state index in [-0.39, 0.29) is 0 Å². The lowest BCUT2D eigenvalue weighted by Crippen LogP contribution is -2.14. The van der Waals surface area contributed by atoms with Crippen LogP contribution in [0.3, 0.4) is 0 Å². The van der Waals surface area contributed by atoms with E-state index in [1.54, 1.807) is 13.8 Å². The minimum atomic E-state index is -1.07. The van der Waals surface area contributed by atoms with Crippen LogP contribution in [-0.2, 0) is 6.42 Å². The Morgan fingerprint density at radius 1 is 1.35 bits per heavy atom. The Balaban J connectivity index is 2.10. The van der Waals surface area contributed by atoms with Crippen LogP contribution in [0.5, 0.6) is 0 Å². The van der Waals surface area contributed by atoms with Gasteiger partial charge in [0.05, 0.1) is 0 Å². The predicted molar refractivity (Wildman–Crippen MR) is 70.2 cm³/mol. The van der Waals surface area contributed by atoms with Crippen LogP contribution in [-0.4, -0.2) is 18.8 Å². The van der Waals surface area contributed by atoms with Crippen molar-refractivity contribution in [3.63, 3.8) is 0 Å². The second kappa shape index (κ2) is 5.18. The third kappa shape index (κ3) is 3.53. The van der Waals surface area contributed by atoms with Crippen LogP contribution in [0, 0.1) is 0 Å². The van der Waals surface area contributed by atoms with Crippen LogP contribution < -0.4 is 5.32 Å². The number of benzene rings is 1. The van der Waals surface area contributed by atoms with E-state index in [1.807, 2.05) is 0 Å². The first-order valence-corrected chi connectivity index (χ1v) is 6.54. The average molecular weight is 235 g/mol. The average Bonchev–Trinajstić information content (AvgIpc) is 2.79. The fraction of sp³-hybridized carbons (Fsp3) is 0.600. The largest absolute Gasteiger partial charge is 0.316 e. The van der Waals surface area contributed by atoms with Gasteiger partial charge in [0.25, 0.3) is 0 Å². The summed E-state index contributed by atoms with van der Waals surface area (Å²) >= 11 is 0. The Kier molecular flexibility index (Phi) is 3.82. The molecule has 1 fully saturated rings. The molecule has 1 saturated heterocycles. The van der Waals surface area contributed by atoms with E-state index < -0.39 is 5.67 Å². The summed E-state index contributed by atoms with van der Waals surface area (Å²) in [4.78, 5) is 0. The van der Waals surface area contributed by atoms with Crippen LogP contribution in [0.25, 0.3) is 0 Å². The SMILES string of the molecule is CC(C)(F)CCc1ccccc1C1CCNC1. The quantitative estimate of drug-likeness (QED) is 0.843. The Morgan fingerprint density at radius 2 is 2.12 bits per heavy atom. The summed E-state index contributed by atoms with van der Waals surface area (Å²) in [6, 6.07) is 8.52. The first-order chi connectivity index (χ1) is 8.06. The number of rotatable bonds is 4. The maximum absolute atomic E-state index is 13.6. The van der Waals surface area contributed by atoms with Gasteiger partial charge in [-0.2, -0.15) is 0 Å². The molecule has 0 aliphatic carbocycles. The third-order valence-corrected chi connectivity index (χ3v) is 3.54. The van der Waals surface area contributed by atoms with E-state index in [2.05, 4.69) is 29.6 Å². The molecule has 0 radical (unpaired) electrons. The summed E-state index contributed by atoms with van der Waals surface area (Å²) in [5.74, 6) is 0.619. The molecule has 0 saturated carbocycles. The van der Waals surface area contributed by atoms with Gasteiger partial charge in [0.15, 0.2) is 0 Å². The van der Waals surface area contributed by atoms with E-state index in [0.717, 1.165) is 19.5 Å². The smallest absolute Gasteiger partial charge is 0.105 e. The van der Waals surface area contributed by atoms with Crippen molar-refractivity contribution in [3.8, 4) is 0 Å². The van der Waals surface area contributed by atoms with Crippen molar-refractivity contribution in [2.24, 2.45) is 0 Å². The lowest BCUT2D eigenvalue weighted by Gasteiger charge is -2.18. The van der Waals surface area contributed by atoms with Gasteiger partial charge in [-0.3, -0.25) is 0 Å². The van der Waals surface area contributed by atoms with Gasteiger partial charge in [0.2, 0.25) is 0 Å².